The molecule has 14 rings (SSSR count). The van der Waals surface area contributed by atoms with Crippen LogP contribution >= 0.6 is 0 Å². The van der Waals surface area contributed by atoms with Crippen LogP contribution in [-0.4, -0.2) is 19.5 Å². The molecule has 5 aromatic carbocycles. The number of para-hydroxylation sites is 1. The molecular formula is C61H48N4O. The third-order valence-corrected chi connectivity index (χ3v) is 15.9. The quantitative estimate of drug-likeness (QED) is 0.177. The fourth-order valence-electron chi connectivity index (χ4n) is 12.4. The zero-order chi connectivity index (χ0) is 43.7. The Bertz CT molecular complexity index is 3660. The molecule has 3 heterocycles. The van der Waals surface area contributed by atoms with Crippen LogP contribution in [0.4, 0.5) is 0 Å². The van der Waals surface area contributed by atoms with Gasteiger partial charge in [-0.2, -0.15) is 0 Å². The SMILES string of the molecule is CC12C=CC=CC1=Cc1c(c3c(n1-c1ccc4c(c1)c(-c1nc(-c5ccccc5)nc(-c5ccc6c(c5)CCC5=C6CCC=C5)n1)cc1oc5ccccc5c14)CCC1(C)C=CC=CC31)C2. The van der Waals surface area contributed by atoms with Gasteiger partial charge in [-0.05, 0) is 137 Å². The Morgan fingerprint density at radius 1 is 0.667 bits per heavy atom. The van der Waals surface area contributed by atoms with Gasteiger partial charge in [-0.25, -0.2) is 15.0 Å². The van der Waals surface area contributed by atoms with Crippen LogP contribution in [0.25, 0.3) is 84.2 Å². The lowest BCUT2D eigenvalue weighted by Gasteiger charge is -2.41. The summed E-state index contributed by atoms with van der Waals surface area (Å²) in [5, 5.41) is 4.42. The molecule has 0 aliphatic heterocycles. The Hall–Kier alpha value is -7.37. The minimum Gasteiger partial charge on any atom is -0.456 e. The number of hydrogen-bond acceptors (Lipinski definition) is 4. The lowest BCUT2D eigenvalue weighted by molar-refractivity contribution is 0.321. The highest BCUT2D eigenvalue weighted by Gasteiger charge is 2.44. The number of nitrogens with zero attached hydrogens (tertiary/aromatic N) is 4. The van der Waals surface area contributed by atoms with Gasteiger partial charge in [0.15, 0.2) is 17.5 Å². The molecule has 0 N–H and O–H groups in total. The van der Waals surface area contributed by atoms with Crippen molar-refractivity contribution in [2.75, 3.05) is 0 Å². The molecule has 0 radical (unpaired) electrons. The van der Waals surface area contributed by atoms with Gasteiger partial charge in [0.2, 0.25) is 0 Å². The number of aryl methyl sites for hydroxylation is 1. The van der Waals surface area contributed by atoms with E-state index >= 15 is 0 Å². The van der Waals surface area contributed by atoms with E-state index < -0.39 is 0 Å². The fourth-order valence-corrected chi connectivity index (χ4v) is 12.4. The van der Waals surface area contributed by atoms with Crippen molar-refractivity contribution in [1.82, 2.24) is 19.5 Å². The number of benzene rings is 5. The van der Waals surface area contributed by atoms with Crippen LogP contribution in [-0.2, 0) is 19.3 Å². The maximum absolute atomic E-state index is 6.71. The van der Waals surface area contributed by atoms with Crippen LogP contribution in [0.5, 0.6) is 0 Å². The van der Waals surface area contributed by atoms with E-state index in [9.17, 15) is 0 Å². The van der Waals surface area contributed by atoms with E-state index in [0.717, 1.165) is 100 Å². The predicted octanol–water partition coefficient (Wildman–Crippen LogP) is 15.0. The van der Waals surface area contributed by atoms with Gasteiger partial charge in [-0.3, -0.25) is 0 Å². The minimum atomic E-state index is -0.0490. The van der Waals surface area contributed by atoms with Gasteiger partial charge >= 0.3 is 0 Å². The Balaban J connectivity index is 1.02. The molecule has 5 heteroatoms. The van der Waals surface area contributed by atoms with Crippen LogP contribution in [0, 0.1) is 10.8 Å². The van der Waals surface area contributed by atoms with E-state index in [-0.39, 0.29) is 10.8 Å². The summed E-state index contributed by atoms with van der Waals surface area (Å²) < 4.78 is 9.32. The zero-order valence-corrected chi connectivity index (χ0v) is 37.3. The highest BCUT2D eigenvalue weighted by Crippen LogP contribution is 2.55. The van der Waals surface area contributed by atoms with Crippen molar-refractivity contribution in [3.8, 4) is 39.9 Å². The summed E-state index contributed by atoms with van der Waals surface area (Å²) in [6.45, 7) is 4.87. The Morgan fingerprint density at radius 3 is 2.44 bits per heavy atom. The molecule has 0 amide bonds. The first-order valence-electron chi connectivity index (χ1n) is 23.8. The molecular weight excluding hydrogens is 805 g/mol. The van der Waals surface area contributed by atoms with Gasteiger partial charge in [0.25, 0.3) is 0 Å². The van der Waals surface area contributed by atoms with Gasteiger partial charge in [0.05, 0.1) is 0 Å². The number of furan rings is 1. The molecule has 6 aliphatic carbocycles. The van der Waals surface area contributed by atoms with Crippen molar-refractivity contribution in [1.29, 1.82) is 0 Å². The Labute approximate surface area is 384 Å². The molecule has 318 valence electrons. The van der Waals surface area contributed by atoms with Gasteiger partial charge in [0, 0.05) is 55.9 Å². The number of hydrogen-bond donors (Lipinski definition) is 0. The lowest BCUT2D eigenvalue weighted by atomic mass is 9.62. The molecule has 0 spiro atoms. The van der Waals surface area contributed by atoms with E-state index in [0.29, 0.717) is 23.4 Å². The van der Waals surface area contributed by atoms with Crippen molar-refractivity contribution in [3.63, 3.8) is 0 Å². The van der Waals surface area contributed by atoms with Gasteiger partial charge in [0.1, 0.15) is 11.2 Å². The molecule has 0 saturated heterocycles. The summed E-state index contributed by atoms with van der Waals surface area (Å²) in [5.74, 6) is 2.28. The molecule has 0 bridgehead atoms. The van der Waals surface area contributed by atoms with E-state index in [2.05, 4.69) is 176 Å². The minimum absolute atomic E-state index is 0.0490. The Morgan fingerprint density at radius 2 is 1.52 bits per heavy atom. The number of fused-ring (bicyclic) bond motifs is 13. The molecule has 3 unspecified atom stereocenters. The van der Waals surface area contributed by atoms with E-state index in [4.69, 9.17) is 19.4 Å². The maximum Gasteiger partial charge on any atom is 0.164 e. The van der Waals surface area contributed by atoms with E-state index in [1.54, 1.807) is 0 Å². The maximum atomic E-state index is 6.71. The second kappa shape index (κ2) is 14.1. The summed E-state index contributed by atoms with van der Waals surface area (Å²) in [7, 11) is 0. The van der Waals surface area contributed by atoms with Crippen LogP contribution in [0.1, 0.15) is 79.1 Å². The third-order valence-electron chi connectivity index (χ3n) is 15.9. The smallest absolute Gasteiger partial charge is 0.164 e. The summed E-state index contributed by atoms with van der Waals surface area (Å²) in [6, 6.07) is 34.9. The highest BCUT2D eigenvalue weighted by molar-refractivity contribution is 6.22. The molecule has 6 aliphatic rings. The van der Waals surface area contributed by atoms with Crippen molar-refractivity contribution < 1.29 is 4.42 Å². The van der Waals surface area contributed by atoms with Crippen LogP contribution in [0.15, 0.2) is 173 Å². The highest BCUT2D eigenvalue weighted by atomic mass is 16.3. The largest absolute Gasteiger partial charge is 0.456 e. The number of allylic oxidation sites excluding steroid dienone is 13. The summed E-state index contributed by atoms with van der Waals surface area (Å²) in [4.78, 5) is 16.1. The first kappa shape index (κ1) is 38.0. The van der Waals surface area contributed by atoms with E-state index in [1.165, 1.54) is 50.4 Å². The van der Waals surface area contributed by atoms with Crippen LogP contribution < -0.4 is 0 Å². The monoisotopic (exact) mass is 852 g/mol. The van der Waals surface area contributed by atoms with Crippen LogP contribution in [0.3, 0.4) is 0 Å². The molecule has 5 nitrogen and oxygen atoms in total. The van der Waals surface area contributed by atoms with Gasteiger partial charge in [-0.1, -0.05) is 141 Å². The zero-order valence-electron chi connectivity index (χ0n) is 37.3. The average Bonchev–Trinajstić information content (AvgIpc) is 3.89. The van der Waals surface area contributed by atoms with Crippen molar-refractivity contribution in [2.45, 2.75) is 64.7 Å². The molecule has 3 aromatic heterocycles. The Kier molecular flexibility index (Phi) is 8.09. The van der Waals surface area contributed by atoms with E-state index in [1.807, 2.05) is 6.07 Å². The topological polar surface area (TPSA) is 56.7 Å². The summed E-state index contributed by atoms with van der Waals surface area (Å²) in [5.41, 5.74) is 18.6. The molecule has 8 aromatic rings. The van der Waals surface area contributed by atoms with Gasteiger partial charge in [-0.15, -0.1) is 0 Å². The standard InChI is InChI=1S/C61H48N4O/c1-60-29-13-11-20-50(60)56-49-36-61(2)30-12-10-17-41(61)33-52(49)65(51(56)28-31-60)42-25-27-45-47(34-42)48(35-54-55(45)46-19-8-9-21-53(46)66-54)59-63-57(38-15-4-3-5-16-38)62-58(64-59)40-24-26-44-39(32-40)23-22-37-14-6-7-18-43(37)44/h3-6,8-17,19-21,24-27,29-30,32-35,50H,7,18,22-23,28,31,36H2,1-2H3. The first-order valence-corrected chi connectivity index (χ1v) is 23.8. The molecule has 66 heavy (non-hydrogen) atoms. The van der Waals surface area contributed by atoms with Crippen molar-refractivity contribution in [3.05, 3.63) is 203 Å². The average molecular weight is 853 g/mol. The summed E-state index contributed by atoms with van der Waals surface area (Å²) in [6.07, 6.45) is 33.1. The second-order valence-electron chi connectivity index (χ2n) is 19.8. The van der Waals surface area contributed by atoms with Crippen LogP contribution in [0.2, 0.25) is 0 Å². The molecule has 0 fully saturated rings. The lowest BCUT2D eigenvalue weighted by Crippen LogP contribution is -2.31. The normalized spacial score (nSPS) is 22.3. The first-order chi connectivity index (χ1) is 32.4. The number of aromatic nitrogens is 4. The van der Waals surface area contributed by atoms with Gasteiger partial charge < -0.3 is 8.98 Å². The predicted molar refractivity (Wildman–Crippen MR) is 269 cm³/mol. The fraction of sp³-hybridized carbons (Fsp3) is 0.197. The second-order valence-corrected chi connectivity index (χ2v) is 19.8. The molecule has 3 atom stereocenters. The van der Waals surface area contributed by atoms with Crippen molar-refractivity contribution in [2.24, 2.45) is 10.8 Å². The summed E-state index contributed by atoms with van der Waals surface area (Å²) >= 11 is 0. The van der Waals surface area contributed by atoms with Crippen molar-refractivity contribution >= 4 is 44.4 Å². The molecule has 0 saturated carbocycles. The third kappa shape index (κ3) is 5.62. The number of rotatable bonds is 4.